The van der Waals surface area contributed by atoms with E-state index < -0.39 is 11.6 Å². The quantitative estimate of drug-likeness (QED) is 0.807. The van der Waals surface area contributed by atoms with E-state index in [0.29, 0.717) is 12.1 Å². The Balaban J connectivity index is 2.93. The summed E-state index contributed by atoms with van der Waals surface area (Å²) in [5, 5.41) is 3.22. The molecule has 4 heteroatoms. The number of rotatable bonds is 7. The van der Waals surface area contributed by atoms with Crippen LogP contribution in [0.3, 0.4) is 0 Å². The van der Waals surface area contributed by atoms with Crippen molar-refractivity contribution >= 4 is 0 Å². The van der Waals surface area contributed by atoms with Crippen molar-refractivity contribution in [2.24, 2.45) is 0 Å². The first-order chi connectivity index (χ1) is 8.63. The van der Waals surface area contributed by atoms with Crippen LogP contribution in [0.15, 0.2) is 18.2 Å². The van der Waals surface area contributed by atoms with Gasteiger partial charge >= 0.3 is 0 Å². The fourth-order valence-corrected chi connectivity index (χ4v) is 2.05. The lowest BCUT2D eigenvalue weighted by atomic mass is 10.1. The van der Waals surface area contributed by atoms with Gasteiger partial charge in [-0.05, 0) is 25.7 Å². The molecule has 0 bridgehead atoms. The number of nitrogens with zero attached hydrogens (tertiary/aromatic N) is 1. The molecule has 0 aliphatic rings. The van der Waals surface area contributed by atoms with Crippen LogP contribution in [0, 0.1) is 11.6 Å². The van der Waals surface area contributed by atoms with Crippen LogP contribution < -0.4 is 5.32 Å². The zero-order valence-electron chi connectivity index (χ0n) is 11.3. The van der Waals surface area contributed by atoms with Crippen LogP contribution in [-0.2, 0) is 0 Å². The van der Waals surface area contributed by atoms with E-state index in [9.17, 15) is 8.78 Å². The maximum atomic E-state index is 13.8. The summed E-state index contributed by atoms with van der Waals surface area (Å²) >= 11 is 0. The highest BCUT2D eigenvalue weighted by Gasteiger charge is 2.19. The van der Waals surface area contributed by atoms with Gasteiger partial charge in [-0.3, -0.25) is 0 Å². The number of benzene rings is 1. The molecule has 0 aromatic heterocycles. The third-order valence-corrected chi connectivity index (χ3v) is 3.14. The Morgan fingerprint density at radius 2 is 1.83 bits per heavy atom. The van der Waals surface area contributed by atoms with Crippen molar-refractivity contribution in [3.63, 3.8) is 0 Å². The minimum Gasteiger partial charge on any atom is -0.309 e. The summed E-state index contributed by atoms with van der Waals surface area (Å²) in [6.45, 7) is 9.29. The fraction of sp³-hybridized carbons (Fsp3) is 0.571. The monoisotopic (exact) mass is 256 g/mol. The molecule has 1 aromatic carbocycles. The SMILES string of the molecule is CCNC(CN(CC)CC)c1cccc(F)c1F. The van der Waals surface area contributed by atoms with Crippen LogP contribution >= 0.6 is 0 Å². The van der Waals surface area contributed by atoms with Crippen molar-refractivity contribution < 1.29 is 8.78 Å². The molecule has 1 unspecified atom stereocenters. The summed E-state index contributed by atoms with van der Waals surface area (Å²) in [5.41, 5.74) is 0.406. The van der Waals surface area contributed by atoms with Gasteiger partial charge in [-0.15, -0.1) is 0 Å². The molecule has 0 aliphatic carbocycles. The lowest BCUT2D eigenvalue weighted by Crippen LogP contribution is -2.35. The Bertz CT molecular complexity index is 365. The van der Waals surface area contributed by atoms with Crippen LogP contribution in [0.2, 0.25) is 0 Å². The smallest absolute Gasteiger partial charge is 0.163 e. The second-order valence-electron chi connectivity index (χ2n) is 4.24. The average molecular weight is 256 g/mol. The lowest BCUT2D eigenvalue weighted by molar-refractivity contribution is 0.263. The average Bonchev–Trinajstić information content (AvgIpc) is 2.38. The molecule has 0 aliphatic heterocycles. The predicted molar refractivity (Wildman–Crippen MR) is 70.6 cm³/mol. The van der Waals surface area contributed by atoms with Gasteiger partial charge < -0.3 is 10.2 Å². The van der Waals surface area contributed by atoms with Gasteiger partial charge in [0.15, 0.2) is 11.6 Å². The standard InChI is InChI=1S/C14H22F2N2/c1-4-17-13(10-18(5-2)6-3)11-8-7-9-12(15)14(11)16/h7-9,13,17H,4-6,10H2,1-3H3. The minimum absolute atomic E-state index is 0.175. The summed E-state index contributed by atoms with van der Waals surface area (Å²) in [6.07, 6.45) is 0. The van der Waals surface area contributed by atoms with E-state index in [-0.39, 0.29) is 6.04 Å². The van der Waals surface area contributed by atoms with Gasteiger partial charge in [0.1, 0.15) is 0 Å². The van der Waals surface area contributed by atoms with Crippen molar-refractivity contribution in [3.8, 4) is 0 Å². The van der Waals surface area contributed by atoms with Gasteiger partial charge in [-0.1, -0.05) is 32.9 Å². The molecular weight excluding hydrogens is 234 g/mol. The largest absolute Gasteiger partial charge is 0.309 e. The van der Waals surface area contributed by atoms with E-state index in [1.807, 2.05) is 6.92 Å². The summed E-state index contributed by atoms with van der Waals surface area (Å²) in [5.74, 6) is -1.52. The van der Waals surface area contributed by atoms with Crippen LogP contribution in [0.25, 0.3) is 0 Å². The molecule has 0 saturated carbocycles. The Labute approximate surface area is 108 Å². The van der Waals surface area contributed by atoms with Crippen LogP contribution in [0.5, 0.6) is 0 Å². The molecule has 102 valence electrons. The molecule has 1 N–H and O–H groups in total. The summed E-state index contributed by atoms with van der Waals surface area (Å²) in [4.78, 5) is 2.19. The van der Waals surface area contributed by atoms with Gasteiger partial charge in [0, 0.05) is 18.2 Å². The van der Waals surface area contributed by atoms with E-state index in [4.69, 9.17) is 0 Å². The molecule has 1 rings (SSSR count). The molecule has 0 radical (unpaired) electrons. The molecule has 0 spiro atoms. The second-order valence-corrected chi connectivity index (χ2v) is 4.24. The van der Waals surface area contributed by atoms with Crippen LogP contribution in [-0.4, -0.2) is 31.1 Å². The Morgan fingerprint density at radius 3 is 2.39 bits per heavy atom. The lowest BCUT2D eigenvalue weighted by Gasteiger charge is -2.26. The molecule has 1 aromatic rings. The normalized spacial score (nSPS) is 13.0. The van der Waals surface area contributed by atoms with Crippen molar-refractivity contribution in [1.82, 2.24) is 10.2 Å². The summed E-state index contributed by atoms with van der Waals surface area (Å²) < 4.78 is 27.1. The molecule has 18 heavy (non-hydrogen) atoms. The highest BCUT2D eigenvalue weighted by atomic mass is 19.2. The van der Waals surface area contributed by atoms with E-state index in [2.05, 4.69) is 24.1 Å². The van der Waals surface area contributed by atoms with E-state index >= 15 is 0 Å². The van der Waals surface area contributed by atoms with Gasteiger partial charge in [-0.25, -0.2) is 8.78 Å². The fourth-order valence-electron chi connectivity index (χ4n) is 2.05. The van der Waals surface area contributed by atoms with Gasteiger partial charge in [0.25, 0.3) is 0 Å². The number of halogens is 2. The van der Waals surface area contributed by atoms with Crippen molar-refractivity contribution in [3.05, 3.63) is 35.4 Å². The summed E-state index contributed by atoms with van der Waals surface area (Å²) in [6, 6.07) is 4.18. The number of hydrogen-bond acceptors (Lipinski definition) is 2. The van der Waals surface area contributed by atoms with Crippen LogP contribution in [0.1, 0.15) is 32.4 Å². The summed E-state index contributed by atoms with van der Waals surface area (Å²) in [7, 11) is 0. The zero-order chi connectivity index (χ0) is 13.5. The Hall–Kier alpha value is -1.00. The first-order valence-electron chi connectivity index (χ1n) is 6.53. The molecule has 0 amide bonds. The van der Waals surface area contributed by atoms with E-state index in [0.717, 1.165) is 25.7 Å². The first-order valence-corrected chi connectivity index (χ1v) is 6.53. The zero-order valence-corrected chi connectivity index (χ0v) is 11.3. The van der Waals surface area contributed by atoms with Gasteiger partial charge in [0.05, 0.1) is 0 Å². The van der Waals surface area contributed by atoms with Crippen molar-refractivity contribution in [2.75, 3.05) is 26.2 Å². The van der Waals surface area contributed by atoms with Gasteiger partial charge in [0.2, 0.25) is 0 Å². The number of nitrogens with one attached hydrogen (secondary N) is 1. The topological polar surface area (TPSA) is 15.3 Å². The molecule has 0 fully saturated rings. The highest BCUT2D eigenvalue weighted by Crippen LogP contribution is 2.20. The predicted octanol–water partition coefficient (Wildman–Crippen LogP) is 2.96. The second kappa shape index (κ2) is 7.44. The highest BCUT2D eigenvalue weighted by molar-refractivity contribution is 5.23. The van der Waals surface area contributed by atoms with Crippen molar-refractivity contribution in [2.45, 2.75) is 26.8 Å². The van der Waals surface area contributed by atoms with E-state index in [1.165, 1.54) is 0 Å². The molecule has 1 atom stereocenters. The third-order valence-electron chi connectivity index (χ3n) is 3.14. The molecule has 0 heterocycles. The van der Waals surface area contributed by atoms with Crippen LogP contribution in [0.4, 0.5) is 8.78 Å². The maximum Gasteiger partial charge on any atom is 0.163 e. The van der Waals surface area contributed by atoms with E-state index in [1.54, 1.807) is 12.1 Å². The first kappa shape index (κ1) is 15.1. The van der Waals surface area contributed by atoms with Gasteiger partial charge in [-0.2, -0.15) is 0 Å². The maximum absolute atomic E-state index is 13.8. The molecule has 0 saturated heterocycles. The molecule has 2 nitrogen and oxygen atoms in total. The number of likely N-dealkylation sites (N-methyl/N-ethyl adjacent to an activating group) is 2. The Kier molecular flexibility index (Phi) is 6.22. The third kappa shape index (κ3) is 3.75. The van der Waals surface area contributed by atoms with Crippen molar-refractivity contribution in [1.29, 1.82) is 0 Å². The molecular formula is C14H22F2N2. The number of hydrogen-bond donors (Lipinski definition) is 1. The Morgan fingerprint density at radius 1 is 1.17 bits per heavy atom. The minimum atomic E-state index is -0.782.